The number of furan rings is 1. The van der Waals surface area contributed by atoms with E-state index in [1.165, 1.54) is 22.0 Å². The number of thiazole rings is 1. The Morgan fingerprint density at radius 1 is 1.17 bits per heavy atom. The summed E-state index contributed by atoms with van der Waals surface area (Å²) >= 11 is 4.69. The summed E-state index contributed by atoms with van der Waals surface area (Å²) in [7, 11) is 1.56. The summed E-state index contributed by atoms with van der Waals surface area (Å²) in [5, 5.41) is 9.38. The lowest BCUT2D eigenvalue weighted by atomic mass is 9.96. The number of methoxy groups -OCH3 is 1. The Kier molecular flexibility index (Phi) is 7.83. The monoisotopic (exact) mass is 636 g/mol. The number of halogens is 1. The zero-order valence-corrected chi connectivity index (χ0v) is 25.0. The van der Waals surface area contributed by atoms with Gasteiger partial charge in [-0.3, -0.25) is 9.36 Å². The number of allylic oxidation sites excluding steroid dienone is 1. The average molecular weight is 638 g/mol. The van der Waals surface area contributed by atoms with Crippen LogP contribution in [0.5, 0.6) is 5.75 Å². The van der Waals surface area contributed by atoms with E-state index >= 15 is 0 Å². The largest absolute Gasteiger partial charge is 0.496 e. The lowest BCUT2D eigenvalue weighted by Crippen LogP contribution is -2.39. The number of rotatable bonds is 7. The first-order valence-corrected chi connectivity index (χ1v) is 14.2. The molecule has 0 amide bonds. The molecule has 0 radical (unpaired) electrons. The fourth-order valence-electron chi connectivity index (χ4n) is 4.68. The van der Waals surface area contributed by atoms with Gasteiger partial charge in [-0.25, -0.2) is 14.6 Å². The summed E-state index contributed by atoms with van der Waals surface area (Å²) in [6.45, 7) is 5.48. The molecule has 1 atom stereocenters. The summed E-state index contributed by atoms with van der Waals surface area (Å²) < 4.78 is 19.3. The summed E-state index contributed by atoms with van der Waals surface area (Å²) in [4.78, 5) is 43.4. The second-order valence-electron chi connectivity index (χ2n) is 9.23. The molecule has 9 nitrogen and oxygen atoms in total. The van der Waals surface area contributed by atoms with Gasteiger partial charge in [-0.15, -0.1) is 0 Å². The van der Waals surface area contributed by atoms with E-state index in [1.54, 1.807) is 63.4 Å². The Morgan fingerprint density at radius 2 is 1.95 bits per heavy atom. The molecule has 2 aromatic heterocycles. The highest BCUT2D eigenvalue weighted by atomic mass is 79.9. The van der Waals surface area contributed by atoms with Crippen molar-refractivity contribution >= 4 is 45.3 Å². The molecule has 2 aromatic carbocycles. The number of carbonyl (C=O) groups excluding carboxylic acids is 1. The molecule has 0 saturated heterocycles. The second-order valence-corrected chi connectivity index (χ2v) is 11.1. The molecule has 0 bridgehead atoms. The molecule has 0 aliphatic carbocycles. The lowest BCUT2D eigenvalue weighted by molar-refractivity contribution is -0.139. The first kappa shape index (κ1) is 28.3. The SMILES string of the molecule is CCOC(=O)C1=C(C)N=c2s/c(=C\c3ccc(-c4cc(C(=O)O)ccc4C)o3)c(=O)n2[C@H]1c1ccc(OC)c(Br)c1. The standard InChI is InChI=1S/C30H25BrN2O7S/c1-5-39-29(37)25-16(3)32-30-33(26(25)17-8-10-23(38-4)21(31)13-17)27(34)24(41-30)14-19-9-11-22(40-19)20-12-18(28(35)36)7-6-15(20)2/h6-14,26H,5H2,1-4H3,(H,35,36)/b24-14-/t26-/m0/s1. The van der Waals surface area contributed by atoms with Gasteiger partial charge in [-0.05, 0) is 84.2 Å². The van der Waals surface area contributed by atoms with Crippen molar-refractivity contribution in [3.63, 3.8) is 0 Å². The molecule has 1 aliphatic heterocycles. The lowest BCUT2D eigenvalue weighted by Gasteiger charge is -2.25. The number of benzene rings is 2. The maximum atomic E-state index is 13.9. The van der Waals surface area contributed by atoms with Gasteiger partial charge in [0.15, 0.2) is 4.80 Å². The molecular weight excluding hydrogens is 612 g/mol. The van der Waals surface area contributed by atoms with Crippen molar-refractivity contribution in [1.29, 1.82) is 0 Å². The number of carboxylic acids is 1. The third-order valence-corrected chi connectivity index (χ3v) is 8.26. The predicted octanol–water partition coefficient (Wildman–Crippen LogP) is 4.84. The van der Waals surface area contributed by atoms with Crippen LogP contribution in [0.2, 0.25) is 0 Å². The number of ether oxygens (including phenoxy) is 2. The number of esters is 1. The first-order chi connectivity index (χ1) is 19.6. The third kappa shape index (κ3) is 5.30. The zero-order valence-electron chi connectivity index (χ0n) is 22.6. The van der Waals surface area contributed by atoms with Crippen molar-refractivity contribution in [1.82, 2.24) is 4.57 Å². The zero-order chi connectivity index (χ0) is 29.4. The van der Waals surface area contributed by atoms with E-state index in [9.17, 15) is 19.5 Å². The van der Waals surface area contributed by atoms with Crippen LogP contribution in [0.15, 0.2) is 78.5 Å². The molecular formula is C30H25BrN2O7S. The van der Waals surface area contributed by atoms with Crippen LogP contribution in [0.3, 0.4) is 0 Å². The highest BCUT2D eigenvalue weighted by Crippen LogP contribution is 2.35. The van der Waals surface area contributed by atoms with Gasteiger partial charge in [0.25, 0.3) is 5.56 Å². The molecule has 5 rings (SSSR count). The molecule has 210 valence electrons. The maximum Gasteiger partial charge on any atom is 0.338 e. The molecule has 0 saturated carbocycles. The molecule has 0 fully saturated rings. The smallest absolute Gasteiger partial charge is 0.338 e. The third-order valence-electron chi connectivity index (χ3n) is 6.66. The summed E-state index contributed by atoms with van der Waals surface area (Å²) in [5.41, 5.74) is 2.71. The van der Waals surface area contributed by atoms with Crippen molar-refractivity contribution in [3.8, 4) is 17.1 Å². The molecule has 1 N–H and O–H groups in total. The van der Waals surface area contributed by atoms with Crippen LogP contribution in [-0.4, -0.2) is 35.3 Å². The number of aromatic nitrogens is 1. The van der Waals surface area contributed by atoms with Crippen molar-refractivity contribution in [2.45, 2.75) is 26.8 Å². The van der Waals surface area contributed by atoms with E-state index in [2.05, 4.69) is 20.9 Å². The van der Waals surface area contributed by atoms with E-state index in [4.69, 9.17) is 13.9 Å². The fraction of sp³-hybridized carbons (Fsp3) is 0.200. The number of aromatic carboxylic acids is 1. The van der Waals surface area contributed by atoms with Gasteiger partial charge >= 0.3 is 11.9 Å². The minimum Gasteiger partial charge on any atom is -0.496 e. The van der Waals surface area contributed by atoms with Gasteiger partial charge in [-0.2, -0.15) is 0 Å². The van der Waals surface area contributed by atoms with Crippen LogP contribution in [0.4, 0.5) is 0 Å². The molecule has 11 heteroatoms. The molecule has 41 heavy (non-hydrogen) atoms. The summed E-state index contributed by atoms with van der Waals surface area (Å²) in [6, 6.07) is 12.9. The van der Waals surface area contributed by atoms with Gasteiger partial charge < -0.3 is 19.0 Å². The van der Waals surface area contributed by atoms with E-state index in [1.807, 2.05) is 13.0 Å². The van der Waals surface area contributed by atoms with Crippen LogP contribution in [0, 0.1) is 6.92 Å². The first-order valence-electron chi connectivity index (χ1n) is 12.6. The fourth-order valence-corrected chi connectivity index (χ4v) is 6.27. The highest BCUT2D eigenvalue weighted by Gasteiger charge is 2.33. The number of hydrogen-bond acceptors (Lipinski definition) is 8. The normalized spacial score (nSPS) is 15.0. The Balaban J connectivity index is 1.64. The van der Waals surface area contributed by atoms with Gasteiger partial charge in [0.2, 0.25) is 0 Å². The maximum absolute atomic E-state index is 13.9. The predicted molar refractivity (Wildman–Crippen MR) is 157 cm³/mol. The molecule has 0 spiro atoms. The van der Waals surface area contributed by atoms with Crippen molar-refractivity contribution in [3.05, 3.63) is 106 Å². The van der Waals surface area contributed by atoms with Crippen LogP contribution in [-0.2, 0) is 9.53 Å². The minimum absolute atomic E-state index is 0.148. The highest BCUT2D eigenvalue weighted by molar-refractivity contribution is 9.10. The van der Waals surface area contributed by atoms with Crippen molar-refractivity contribution < 1.29 is 28.6 Å². The number of fused-ring (bicyclic) bond motifs is 1. The van der Waals surface area contributed by atoms with E-state index < -0.39 is 18.0 Å². The van der Waals surface area contributed by atoms with Gasteiger partial charge in [0.1, 0.15) is 17.3 Å². The van der Waals surface area contributed by atoms with Crippen molar-refractivity contribution in [2.24, 2.45) is 4.99 Å². The second kappa shape index (κ2) is 11.3. The number of carboxylic acid groups (broad SMARTS) is 1. The minimum atomic E-state index is -1.03. The summed E-state index contributed by atoms with van der Waals surface area (Å²) in [6.07, 6.45) is 1.62. The van der Waals surface area contributed by atoms with Crippen LogP contribution < -0.4 is 19.6 Å². The topological polar surface area (TPSA) is 120 Å². The number of carbonyl (C=O) groups is 2. The quantitative estimate of drug-likeness (QED) is 0.288. The molecule has 3 heterocycles. The number of hydrogen-bond donors (Lipinski definition) is 1. The number of nitrogens with zero attached hydrogens (tertiary/aromatic N) is 2. The van der Waals surface area contributed by atoms with Crippen LogP contribution >= 0.6 is 27.3 Å². The van der Waals surface area contributed by atoms with E-state index in [0.29, 0.717) is 47.9 Å². The Labute approximate surface area is 246 Å². The van der Waals surface area contributed by atoms with E-state index in [0.717, 1.165) is 5.56 Å². The van der Waals surface area contributed by atoms with Crippen molar-refractivity contribution in [2.75, 3.05) is 13.7 Å². The summed E-state index contributed by atoms with van der Waals surface area (Å²) in [5.74, 6) is -0.0801. The molecule has 0 unspecified atom stereocenters. The molecule has 4 aromatic rings. The van der Waals surface area contributed by atoms with Gasteiger partial charge in [0, 0.05) is 11.6 Å². The van der Waals surface area contributed by atoms with Crippen LogP contribution in [0.1, 0.15) is 47.1 Å². The Morgan fingerprint density at radius 3 is 2.63 bits per heavy atom. The Bertz CT molecular complexity index is 1920. The number of aryl methyl sites for hydroxylation is 1. The average Bonchev–Trinajstić information content (AvgIpc) is 3.52. The van der Waals surface area contributed by atoms with Gasteiger partial charge in [0.05, 0.1) is 45.6 Å². The Hall–Kier alpha value is -4.22. The van der Waals surface area contributed by atoms with Gasteiger partial charge in [-0.1, -0.05) is 23.5 Å². The van der Waals surface area contributed by atoms with E-state index in [-0.39, 0.29) is 23.3 Å². The molecule has 1 aliphatic rings. The van der Waals surface area contributed by atoms with Crippen LogP contribution in [0.25, 0.3) is 17.4 Å².